The first-order chi connectivity index (χ1) is 12.1. The van der Waals surface area contributed by atoms with Crippen LogP contribution >= 0.6 is 11.3 Å². The summed E-state index contributed by atoms with van der Waals surface area (Å²) >= 11 is 1.64. The summed E-state index contributed by atoms with van der Waals surface area (Å²) < 4.78 is 1.19. The highest BCUT2D eigenvalue weighted by Crippen LogP contribution is 2.30. The molecule has 0 N–H and O–H groups in total. The van der Waals surface area contributed by atoms with E-state index in [1.807, 2.05) is 5.51 Å². The SMILES string of the molecule is CC(c1ccc2scnc2c1)N1CCCc2ncc([N+](=O)[O-])cc2C1. The van der Waals surface area contributed by atoms with Crippen molar-refractivity contribution in [1.82, 2.24) is 14.9 Å². The standard InChI is InChI=1S/C18H18N4O2S/c1-12(13-4-5-18-17(8-13)20-11-25-18)21-6-2-3-16-14(10-21)7-15(9-19-16)22(23)24/h4-5,7-9,11-12H,2-3,6,10H2,1H3. The number of rotatable bonds is 3. The van der Waals surface area contributed by atoms with Gasteiger partial charge in [0.1, 0.15) is 6.20 Å². The molecule has 3 heterocycles. The van der Waals surface area contributed by atoms with Crippen LogP contribution in [0.3, 0.4) is 0 Å². The van der Waals surface area contributed by atoms with E-state index in [4.69, 9.17) is 0 Å². The minimum atomic E-state index is -0.373. The Kier molecular flexibility index (Phi) is 4.19. The van der Waals surface area contributed by atoms with Crippen molar-refractivity contribution in [2.45, 2.75) is 32.4 Å². The first kappa shape index (κ1) is 16.1. The van der Waals surface area contributed by atoms with Crippen molar-refractivity contribution in [3.8, 4) is 0 Å². The lowest BCUT2D eigenvalue weighted by molar-refractivity contribution is -0.385. The van der Waals surface area contributed by atoms with Crippen LogP contribution in [0.1, 0.15) is 36.2 Å². The molecule has 0 bridgehead atoms. The molecule has 1 aliphatic rings. The van der Waals surface area contributed by atoms with Crippen LogP contribution in [-0.4, -0.2) is 26.3 Å². The minimum Gasteiger partial charge on any atom is -0.292 e. The molecular formula is C18H18N4O2S. The molecule has 1 aliphatic heterocycles. The van der Waals surface area contributed by atoms with E-state index in [1.165, 1.54) is 16.5 Å². The molecule has 0 spiro atoms. The van der Waals surface area contributed by atoms with Gasteiger partial charge >= 0.3 is 0 Å². The van der Waals surface area contributed by atoms with Gasteiger partial charge in [0, 0.05) is 24.3 Å². The number of hydrogen-bond donors (Lipinski definition) is 0. The number of benzene rings is 1. The van der Waals surface area contributed by atoms with Crippen molar-refractivity contribution >= 4 is 27.2 Å². The maximum absolute atomic E-state index is 11.1. The number of nitro groups is 1. The van der Waals surface area contributed by atoms with Gasteiger partial charge in [-0.05, 0) is 49.6 Å². The molecular weight excluding hydrogens is 336 g/mol. The van der Waals surface area contributed by atoms with E-state index >= 15 is 0 Å². The zero-order valence-corrected chi connectivity index (χ0v) is 14.7. The first-order valence-corrected chi connectivity index (χ1v) is 9.19. The molecule has 6 nitrogen and oxygen atoms in total. The lowest BCUT2D eigenvalue weighted by atomic mass is 10.1. The van der Waals surface area contributed by atoms with Crippen LogP contribution in [0.2, 0.25) is 0 Å². The Hall–Kier alpha value is -2.38. The Labute approximate surface area is 149 Å². The minimum absolute atomic E-state index is 0.0668. The molecule has 1 atom stereocenters. The Balaban J connectivity index is 1.63. The first-order valence-electron chi connectivity index (χ1n) is 8.31. The summed E-state index contributed by atoms with van der Waals surface area (Å²) in [7, 11) is 0. The van der Waals surface area contributed by atoms with Gasteiger partial charge in [-0.25, -0.2) is 4.98 Å². The zero-order chi connectivity index (χ0) is 17.4. The quantitative estimate of drug-likeness (QED) is 0.523. The number of nitrogens with zero attached hydrogens (tertiary/aromatic N) is 4. The largest absolute Gasteiger partial charge is 0.292 e. The van der Waals surface area contributed by atoms with Crippen LogP contribution in [0, 0.1) is 10.1 Å². The Bertz CT molecular complexity index is 940. The summed E-state index contributed by atoms with van der Waals surface area (Å²) in [5.74, 6) is 0. The predicted octanol–water partition coefficient (Wildman–Crippen LogP) is 4.11. The van der Waals surface area contributed by atoms with E-state index < -0.39 is 0 Å². The maximum atomic E-state index is 11.1. The topological polar surface area (TPSA) is 72.2 Å². The molecule has 0 saturated heterocycles. The fraction of sp³-hybridized carbons (Fsp3) is 0.333. The lowest BCUT2D eigenvalue weighted by Gasteiger charge is -2.28. The molecule has 128 valence electrons. The van der Waals surface area contributed by atoms with Crippen LogP contribution in [0.25, 0.3) is 10.2 Å². The monoisotopic (exact) mass is 354 g/mol. The molecule has 25 heavy (non-hydrogen) atoms. The van der Waals surface area contributed by atoms with Gasteiger partial charge in [0.25, 0.3) is 5.69 Å². The van der Waals surface area contributed by atoms with Gasteiger partial charge in [-0.2, -0.15) is 0 Å². The average Bonchev–Trinajstić information content (AvgIpc) is 2.98. The van der Waals surface area contributed by atoms with Crippen molar-refractivity contribution < 1.29 is 4.92 Å². The molecule has 0 aliphatic carbocycles. The number of pyridine rings is 1. The third-order valence-corrected chi connectivity index (χ3v) is 5.68. The smallest absolute Gasteiger partial charge is 0.287 e. The van der Waals surface area contributed by atoms with Crippen molar-refractivity contribution in [1.29, 1.82) is 0 Å². The van der Waals surface area contributed by atoms with Gasteiger partial charge in [0.05, 0.1) is 20.7 Å². The number of thiazole rings is 1. The van der Waals surface area contributed by atoms with E-state index in [0.717, 1.165) is 36.2 Å². The predicted molar refractivity (Wildman–Crippen MR) is 97.7 cm³/mol. The summed E-state index contributed by atoms with van der Waals surface area (Å²) in [5, 5.41) is 11.1. The highest BCUT2D eigenvalue weighted by Gasteiger charge is 2.23. The summed E-state index contributed by atoms with van der Waals surface area (Å²) in [5.41, 5.74) is 6.13. The molecule has 0 saturated carbocycles. The van der Waals surface area contributed by atoms with E-state index in [1.54, 1.807) is 17.4 Å². The molecule has 1 aromatic carbocycles. The second-order valence-electron chi connectivity index (χ2n) is 6.39. The molecule has 7 heteroatoms. The molecule has 1 unspecified atom stereocenters. The number of fused-ring (bicyclic) bond motifs is 2. The summed E-state index contributed by atoms with van der Waals surface area (Å²) in [4.78, 5) is 21.8. The zero-order valence-electron chi connectivity index (χ0n) is 13.9. The van der Waals surface area contributed by atoms with Gasteiger partial charge in [0.15, 0.2) is 0 Å². The van der Waals surface area contributed by atoms with Crippen molar-refractivity contribution in [3.63, 3.8) is 0 Å². The molecule has 0 amide bonds. The van der Waals surface area contributed by atoms with Crippen LogP contribution in [0.5, 0.6) is 0 Å². The van der Waals surface area contributed by atoms with Gasteiger partial charge in [-0.3, -0.25) is 20.0 Å². The Morgan fingerprint density at radius 2 is 2.20 bits per heavy atom. The number of aryl methyl sites for hydroxylation is 1. The lowest BCUT2D eigenvalue weighted by Crippen LogP contribution is -2.26. The fourth-order valence-corrected chi connectivity index (χ4v) is 4.07. The average molecular weight is 354 g/mol. The Morgan fingerprint density at radius 3 is 3.04 bits per heavy atom. The van der Waals surface area contributed by atoms with E-state index in [2.05, 4.69) is 40.0 Å². The maximum Gasteiger partial charge on any atom is 0.287 e. The number of hydrogen-bond acceptors (Lipinski definition) is 6. The van der Waals surface area contributed by atoms with Crippen LogP contribution in [0.15, 0.2) is 36.0 Å². The molecule has 4 rings (SSSR count). The third-order valence-electron chi connectivity index (χ3n) is 4.87. The van der Waals surface area contributed by atoms with E-state index in [9.17, 15) is 10.1 Å². The molecule has 0 radical (unpaired) electrons. The van der Waals surface area contributed by atoms with Gasteiger partial charge in [0.2, 0.25) is 0 Å². The molecule has 2 aromatic heterocycles. The summed E-state index contributed by atoms with van der Waals surface area (Å²) in [6.07, 6.45) is 3.23. The second-order valence-corrected chi connectivity index (χ2v) is 7.27. The van der Waals surface area contributed by atoms with Crippen LogP contribution < -0.4 is 0 Å². The van der Waals surface area contributed by atoms with Gasteiger partial charge in [-0.1, -0.05) is 6.07 Å². The molecule has 3 aromatic rings. The molecule has 0 fully saturated rings. The van der Waals surface area contributed by atoms with Crippen molar-refractivity contribution in [2.75, 3.05) is 6.54 Å². The van der Waals surface area contributed by atoms with Crippen molar-refractivity contribution in [2.24, 2.45) is 0 Å². The summed E-state index contributed by atoms with van der Waals surface area (Å²) in [6, 6.07) is 8.32. The van der Waals surface area contributed by atoms with Gasteiger partial charge < -0.3 is 0 Å². The normalized spacial score (nSPS) is 16.4. The number of aromatic nitrogens is 2. The summed E-state index contributed by atoms with van der Waals surface area (Å²) in [6.45, 7) is 3.81. The third kappa shape index (κ3) is 3.12. The van der Waals surface area contributed by atoms with Crippen LogP contribution in [0.4, 0.5) is 5.69 Å². The van der Waals surface area contributed by atoms with E-state index in [-0.39, 0.29) is 16.7 Å². The van der Waals surface area contributed by atoms with Gasteiger partial charge in [-0.15, -0.1) is 11.3 Å². The van der Waals surface area contributed by atoms with Crippen LogP contribution in [-0.2, 0) is 13.0 Å². The highest BCUT2D eigenvalue weighted by atomic mass is 32.1. The Morgan fingerprint density at radius 1 is 1.32 bits per heavy atom. The fourth-order valence-electron chi connectivity index (χ4n) is 3.41. The highest BCUT2D eigenvalue weighted by molar-refractivity contribution is 7.16. The van der Waals surface area contributed by atoms with E-state index in [0.29, 0.717) is 6.54 Å². The van der Waals surface area contributed by atoms with Crippen molar-refractivity contribution in [3.05, 3.63) is 62.9 Å². The second kappa shape index (κ2) is 6.50.